The average molecular weight is 229 g/mol. The quantitative estimate of drug-likeness (QED) is 0.568. The summed E-state index contributed by atoms with van der Waals surface area (Å²) < 4.78 is 0. The highest BCUT2D eigenvalue weighted by molar-refractivity contribution is 6.37. The minimum Gasteiger partial charge on any atom is -0.396 e. The standard InChI is InChI=1S/C12H27NOSi/c1-11(2)8-10(15-7-5-6-14)9-12(3,4)13-11/h10,13-14H,5-9,15H2,1-4H3. The second kappa shape index (κ2) is 4.98. The van der Waals surface area contributed by atoms with Crippen molar-refractivity contribution in [2.75, 3.05) is 6.61 Å². The molecule has 1 rings (SSSR count). The van der Waals surface area contributed by atoms with Crippen molar-refractivity contribution in [1.82, 2.24) is 5.32 Å². The van der Waals surface area contributed by atoms with Crippen molar-refractivity contribution in [3.05, 3.63) is 0 Å². The van der Waals surface area contributed by atoms with E-state index in [1.54, 1.807) is 0 Å². The molecule has 1 fully saturated rings. The van der Waals surface area contributed by atoms with Crippen LogP contribution in [0.25, 0.3) is 0 Å². The van der Waals surface area contributed by atoms with E-state index >= 15 is 0 Å². The summed E-state index contributed by atoms with van der Waals surface area (Å²) >= 11 is 0. The molecule has 0 saturated carbocycles. The van der Waals surface area contributed by atoms with Crippen molar-refractivity contribution >= 4 is 9.52 Å². The topological polar surface area (TPSA) is 32.3 Å². The summed E-state index contributed by atoms with van der Waals surface area (Å²) in [4.78, 5) is 0. The smallest absolute Gasteiger partial charge is 0.0428 e. The van der Waals surface area contributed by atoms with E-state index in [2.05, 4.69) is 33.0 Å². The Morgan fingerprint density at radius 2 is 1.73 bits per heavy atom. The van der Waals surface area contributed by atoms with Gasteiger partial charge in [-0.25, -0.2) is 0 Å². The molecule has 0 unspecified atom stereocenters. The Morgan fingerprint density at radius 1 is 1.20 bits per heavy atom. The fourth-order valence-corrected chi connectivity index (χ4v) is 6.22. The maximum absolute atomic E-state index is 8.81. The Labute approximate surface area is 96.7 Å². The van der Waals surface area contributed by atoms with Crippen molar-refractivity contribution in [2.24, 2.45) is 0 Å². The van der Waals surface area contributed by atoms with E-state index in [9.17, 15) is 0 Å². The highest BCUT2D eigenvalue weighted by Crippen LogP contribution is 2.36. The highest BCUT2D eigenvalue weighted by atomic mass is 28.2. The molecule has 90 valence electrons. The SMILES string of the molecule is CC1(C)CC([SiH2]CCCO)CC(C)(C)N1. The van der Waals surface area contributed by atoms with Gasteiger partial charge in [0.15, 0.2) is 0 Å². The Bertz CT molecular complexity index is 188. The largest absolute Gasteiger partial charge is 0.396 e. The number of piperidine rings is 1. The molecule has 0 radical (unpaired) electrons. The molecule has 0 aliphatic carbocycles. The summed E-state index contributed by atoms with van der Waals surface area (Å²) in [7, 11) is 0.0169. The molecule has 0 amide bonds. The van der Waals surface area contributed by atoms with Crippen LogP contribution < -0.4 is 5.32 Å². The van der Waals surface area contributed by atoms with Gasteiger partial charge < -0.3 is 10.4 Å². The third-order valence-corrected chi connectivity index (χ3v) is 5.60. The fraction of sp³-hybridized carbons (Fsp3) is 1.00. The van der Waals surface area contributed by atoms with Crippen LogP contribution in [0.4, 0.5) is 0 Å². The lowest BCUT2D eigenvalue weighted by molar-refractivity contribution is 0.182. The lowest BCUT2D eigenvalue weighted by Crippen LogP contribution is -2.57. The number of hydrogen-bond acceptors (Lipinski definition) is 2. The second-order valence-electron chi connectivity index (χ2n) is 6.39. The monoisotopic (exact) mass is 229 g/mol. The van der Waals surface area contributed by atoms with Crippen molar-refractivity contribution < 1.29 is 5.11 Å². The van der Waals surface area contributed by atoms with Gasteiger partial charge in [0.05, 0.1) is 0 Å². The first-order chi connectivity index (χ1) is 6.85. The molecule has 0 atom stereocenters. The summed E-state index contributed by atoms with van der Waals surface area (Å²) in [6, 6.07) is 1.31. The number of aliphatic hydroxyl groups is 1. The first-order valence-electron chi connectivity index (χ1n) is 6.25. The molecule has 1 aliphatic heterocycles. The predicted octanol–water partition coefficient (Wildman–Crippen LogP) is 1.68. The zero-order chi connectivity index (χ0) is 11.5. The maximum atomic E-state index is 8.81. The molecule has 15 heavy (non-hydrogen) atoms. The summed E-state index contributed by atoms with van der Waals surface area (Å²) in [5, 5.41) is 12.5. The Kier molecular flexibility index (Phi) is 4.38. The van der Waals surface area contributed by atoms with Gasteiger partial charge in [0, 0.05) is 27.2 Å². The molecule has 2 N–H and O–H groups in total. The summed E-state index contributed by atoms with van der Waals surface area (Å²) in [5.74, 6) is 0. The van der Waals surface area contributed by atoms with Gasteiger partial charge in [-0.2, -0.15) is 0 Å². The average Bonchev–Trinajstić information content (AvgIpc) is 1.98. The van der Waals surface area contributed by atoms with Crippen LogP contribution in [0.15, 0.2) is 0 Å². The van der Waals surface area contributed by atoms with Crippen LogP contribution >= 0.6 is 0 Å². The lowest BCUT2D eigenvalue weighted by atomic mass is 9.82. The summed E-state index contributed by atoms with van der Waals surface area (Å²) in [6.45, 7) is 9.66. The highest BCUT2D eigenvalue weighted by Gasteiger charge is 2.37. The number of rotatable bonds is 4. The number of aliphatic hydroxyl groups excluding tert-OH is 1. The molecule has 2 nitrogen and oxygen atoms in total. The van der Waals surface area contributed by atoms with E-state index in [-0.39, 0.29) is 9.52 Å². The van der Waals surface area contributed by atoms with Crippen LogP contribution in [0.5, 0.6) is 0 Å². The van der Waals surface area contributed by atoms with Gasteiger partial charge >= 0.3 is 0 Å². The van der Waals surface area contributed by atoms with Gasteiger partial charge in [-0.1, -0.05) is 6.04 Å². The fourth-order valence-electron chi connectivity index (χ4n) is 3.28. The summed E-state index contributed by atoms with van der Waals surface area (Å²) in [6.07, 6.45) is 3.68. The molecular formula is C12H27NOSi. The lowest BCUT2D eigenvalue weighted by Gasteiger charge is -2.46. The molecule has 1 heterocycles. The van der Waals surface area contributed by atoms with E-state index in [4.69, 9.17) is 5.11 Å². The molecule has 0 aromatic carbocycles. The summed E-state index contributed by atoms with van der Waals surface area (Å²) in [5.41, 5.74) is 1.57. The Balaban J connectivity index is 2.44. The zero-order valence-corrected chi connectivity index (χ0v) is 12.2. The second-order valence-corrected chi connectivity index (χ2v) is 8.83. The Morgan fingerprint density at radius 3 is 2.20 bits per heavy atom. The van der Waals surface area contributed by atoms with E-state index in [1.807, 2.05) is 0 Å². The molecule has 0 bridgehead atoms. The van der Waals surface area contributed by atoms with E-state index in [0.29, 0.717) is 17.7 Å². The molecule has 0 spiro atoms. The number of hydrogen-bond donors (Lipinski definition) is 2. The molecule has 0 aromatic heterocycles. The molecule has 0 aromatic rings. The minimum atomic E-state index is 0.0169. The van der Waals surface area contributed by atoms with Crippen molar-refractivity contribution in [1.29, 1.82) is 0 Å². The first-order valence-corrected chi connectivity index (χ1v) is 8.06. The van der Waals surface area contributed by atoms with Gasteiger partial charge in [0.2, 0.25) is 0 Å². The van der Waals surface area contributed by atoms with E-state index < -0.39 is 0 Å². The van der Waals surface area contributed by atoms with Gasteiger partial charge in [0.25, 0.3) is 0 Å². The number of nitrogens with one attached hydrogen (secondary N) is 1. The maximum Gasteiger partial charge on any atom is 0.0428 e. The third kappa shape index (κ3) is 4.66. The first kappa shape index (κ1) is 13.2. The minimum absolute atomic E-state index is 0.0169. The van der Waals surface area contributed by atoms with Gasteiger partial charge in [0.1, 0.15) is 0 Å². The van der Waals surface area contributed by atoms with E-state index in [0.717, 1.165) is 12.0 Å². The predicted molar refractivity (Wildman–Crippen MR) is 69.3 cm³/mol. The zero-order valence-electron chi connectivity index (χ0n) is 10.8. The third-order valence-electron chi connectivity index (χ3n) is 3.30. The van der Waals surface area contributed by atoms with E-state index in [1.165, 1.54) is 18.9 Å². The molecular weight excluding hydrogens is 202 g/mol. The molecule has 1 saturated heterocycles. The van der Waals surface area contributed by atoms with Crippen LogP contribution in [0.1, 0.15) is 47.0 Å². The van der Waals surface area contributed by atoms with Crippen LogP contribution in [0.2, 0.25) is 11.6 Å². The van der Waals surface area contributed by atoms with Crippen molar-refractivity contribution in [3.8, 4) is 0 Å². The molecule has 3 heteroatoms. The molecule has 1 aliphatic rings. The Hall–Kier alpha value is 0.137. The van der Waals surface area contributed by atoms with Crippen LogP contribution in [0, 0.1) is 0 Å². The van der Waals surface area contributed by atoms with Gasteiger partial charge in [-0.05, 0) is 52.5 Å². The normalized spacial score (nSPS) is 26.2. The van der Waals surface area contributed by atoms with Gasteiger partial charge in [-0.15, -0.1) is 0 Å². The van der Waals surface area contributed by atoms with Crippen LogP contribution in [-0.4, -0.2) is 32.3 Å². The van der Waals surface area contributed by atoms with Gasteiger partial charge in [-0.3, -0.25) is 0 Å². The van der Waals surface area contributed by atoms with Crippen molar-refractivity contribution in [2.45, 2.75) is 69.6 Å². The van der Waals surface area contributed by atoms with Crippen LogP contribution in [-0.2, 0) is 0 Å². The van der Waals surface area contributed by atoms with Crippen LogP contribution in [0.3, 0.4) is 0 Å². The van der Waals surface area contributed by atoms with Crippen molar-refractivity contribution in [3.63, 3.8) is 0 Å².